The fourth-order valence-electron chi connectivity index (χ4n) is 3.07. The largest absolute Gasteiger partial charge is 0.329 e. The van der Waals surface area contributed by atoms with Crippen molar-refractivity contribution >= 4 is 28.2 Å². The van der Waals surface area contributed by atoms with E-state index in [1.165, 1.54) is 12.8 Å². The van der Waals surface area contributed by atoms with Crippen molar-refractivity contribution in [3.63, 3.8) is 0 Å². The highest BCUT2D eigenvalue weighted by Crippen LogP contribution is 2.31. The summed E-state index contributed by atoms with van der Waals surface area (Å²) >= 11 is 0. The predicted octanol–water partition coefficient (Wildman–Crippen LogP) is 3.81. The van der Waals surface area contributed by atoms with E-state index in [2.05, 4.69) is 57.3 Å². The molecule has 126 valence electrons. The Morgan fingerprint density at radius 1 is 1.12 bits per heavy atom. The van der Waals surface area contributed by atoms with Crippen LogP contribution in [-0.4, -0.2) is 26.6 Å². The standard InChI is InChI=1S/C21H17N5/c1-25(17-5-3-2-4-6-17)20-18-12-11-16(10-9-15-7-8-15)13-19(18)26-14-22-24-21(26)23-20/h2-6,11-15H,7-8H2,1H3. The molecule has 5 nitrogen and oxygen atoms in total. The normalized spacial score (nSPS) is 13.6. The van der Waals surface area contributed by atoms with E-state index in [0.29, 0.717) is 11.7 Å². The van der Waals surface area contributed by atoms with E-state index in [0.717, 1.165) is 28.0 Å². The Bertz CT molecular complexity index is 1160. The van der Waals surface area contributed by atoms with Crippen LogP contribution in [0.2, 0.25) is 0 Å². The summed E-state index contributed by atoms with van der Waals surface area (Å²) in [5.41, 5.74) is 3.10. The first-order valence-corrected chi connectivity index (χ1v) is 8.73. The molecule has 0 N–H and O–H groups in total. The van der Waals surface area contributed by atoms with Crippen LogP contribution in [0.25, 0.3) is 16.7 Å². The molecule has 0 spiro atoms. The SMILES string of the molecule is CN(c1ccccc1)c1nc2nncn2c2cc(C#CC3CC3)ccc12. The molecule has 2 heterocycles. The number of aromatic nitrogens is 4. The Morgan fingerprint density at radius 2 is 1.96 bits per heavy atom. The molecule has 0 radical (unpaired) electrons. The third-order valence-electron chi connectivity index (χ3n) is 4.69. The molecular weight excluding hydrogens is 322 g/mol. The van der Waals surface area contributed by atoms with Crippen molar-refractivity contribution in [3.05, 3.63) is 60.4 Å². The van der Waals surface area contributed by atoms with E-state index in [4.69, 9.17) is 4.98 Å². The molecule has 2 aromatic heterocycles. The summed E-state index contributed by atoms with van der Waals surface area (Å²) < 4.78 is 1.92. The third-order valence-corrected chi connectivity index (χ3v) is 4.69. The summed E-state index contributed by atoms with van der Waals surface area (Å²) in [5.74, 6) is 8.65. The topological polar surface area (TPSA) is 46.3 Å². The van der Waals surface area contributed by atoms with E-state index in [-0.39, 0.29) is 0 Å². The number of anilines is 2. The number of nitrogens with zero attached hydrogens (tertiary/aromatic N) is 5. The van der Waals surface area contributed by atoms with Crippen molar-refractivity contribution in [2.45, 2.75) is 12.8 Å². The van der Waals surface area contributed by atoms with Crippen LogP contribution < -0.4 is 4.90 Å². The smallest absolute Gasteiger partial charge is 0.257 e. The monoisotopic (exact) mass is 339 g/mol. The molecule has 1 aliphatic rings. The molecular formula is C21H17N5. The molecule has 0 aliphatic heterocycles. The zero-order valence-corrected chi connectivity index (χ0v) is 14.4. The van der Waals surface area contributed by atoms with Gasteiger partial charge >= 0.3 is 0 Å². The van der Waals surface area contributed by atoms with Crippen LogP contribution in [0, 0.1) is 17.8 Å². The van der Waals surface area contributed by atoms with Crippen LogP contribution in [0.15, 0.2) is 54.9 Å². The fraction of sp³-hybridized carbons (Fsp3) is 0.190. The Morgan fingerprint density at radius 3 is 2.77 bits per heavy atom. The van der Waals surface area contributed by atoms with Gasteiger partial charge in [0.25, 0.3) is 5.78 Å². The van der Waals surface area contributed by atoms with Gasteiger partial charge in [-0.05, 0) is 43.2 Å². The first-order valence-electron chi connectivity index (χ1n) is 8.73. The Kier molecular flexibility index (Phi) is 3.36. The van der Waals surface area contributed by atoms with Crippen molar-refractivity contribution in [2.24, 2.45) is 5.92 Å². The molecule has 1 aliphatic carbocycles. The number of hydrogen-bond donors (Lipinski definition) is 0. The summed E-state index contributed by atoms with van der Waals surface area (Å²) in [6, 6.07) is 16.4. The fourth-order valence-corrected chi connectivity index (χ4v) is 3.07. The van der Waals surface area contributed by atoms with Crippen molar-refractivity contribution in [2.75, 3.05) is 11.9 Å². The lowest BCUT2D eigenvalue weighted by molar-refractivity contribution is 1.08. The van der Waals surface area contributed by atoms with Gasteiger partial charge < -0.3 is 4.90 Å². The van der Waals surface area contributed by atoms with Gasteiger partial charge in [-0.1, -0.05) is 30.0 Å². The molecule has 0 unspecified atom stereocenters. The number of fused-ring (bicyclic) bond motifs is 3. The predicted molar refractivity (Wildman–Crippen MR) is 102 cm³/mol. The van der Waals surface area contributed by atoms with Gasteiger partial charge in [0.15, 0.2) is 0 Å². The molecule has 4 aromatic rings. The number of hydrogen-bond acceptors (Lipinski definition) is 4. The second-order valence-electron chi connectivity index (χ2n) is 6.61. The summed E-state index contributed by atoms with van der Waals surface area (Å²) in [6.45, 7) is 0. The highest BCUT2D eigenvalue weighted by Gasteiger charge is 2.18. The van der Waals surface area contributed by atoms with E-state index in [1.807, 2.05) is 29.6 Å². The van der Waals surface area contributed by atoms with Gasteiger partial charge in [-0.3, -0.25) is 4.40 Å². The second kappa shape index (κ2) is 5.85. The molecule has 0 amide bonds. The molecule has 0 atom stereocenters. The Hall–Kier alpha value is -3.39. The van der Waals surface area contributed by atoms with Gasteiger partial charge in [0.1, 0.15) is 12.1 Å². The second-order valence-corrected chi connectivity index (χ2v) is 6.61. The van der Waals surface area contributed by atoms with Gasteiger partial charge in [0.05, 0.1) is 5.52 Å². The summed E-state index contributed by atoms with van der Waals surface area (Å²) in [4.78, 5) is 6.81. The van der Waals surface area contributed by atoms with Gasteiger partial charge in [-0.25, -0.2) is 0 Å². The van der Waals surface area contributed by atoms with E-state index >= 15 is 0 Å². The third kappa shape index (κ3) is 2.56. The molecule has 0 saturated heterocycles. The first kappa shape index (κ1) is 14.9. The Labute approximate surface area is 151 Å². The summed E-state index contributed by atoms with van der Waals surface area (Å²) in [6.07, 6.45) is 4.16. The van der Waals surface area contributed by atoms with Crippen molar-refractivity contribution < 1.29 is 0 Å². The zero-order valence-electron chi connectivity index (χ0n) is 14.4. The summed E-state index contributed by atoms with van der Waals surface area (Å²) in [7, 11) is 2.02. The molecule has 0 bridgehead atoms. The van der Waals surface area contributed by atoms with Crippen LogP contribution in [0.1, 0.15) is 18.4 Å². The summed E-state index contributed by atoms with van der Waals surface area (Å²) in [5, 5.41) is 9.24. The van der Waals surface area contributed by atoms with Gasteiger partial charge in [-0.2, -0.15) is 4.98 Å². The number of para-hydroxylation sites is 1. The first-order chi connectivity index (χ1) is 12.8. The van der Waals surface area contributed by atoms with Crippen LogP contribution in [0.3, 0.4) is 0 Å². The van der Waals surface area contributed by atoms with Crippen molar-refractivity contribution in [3.8, 4) is 11.8 Å². The minimum Gasteiger partial charge on any atom is -0.329 e. The highest BCUT2D eigenvalue weighted by atomic mass is 15.3. The number of benzene rings is 2. The van der Waals surface area contributed by atoms with Gasteiger partial charge in [0, 0.05) is 29.6 Å². The average molecular weight is 339 g/mol. The van der Waals surface area contributed by atoms with Gasteiger partial charge in [-0.15, -0.1) is 10.2 Å². The maximum Gasteiger partial charge on any atom is 0.257 e. The van der Waals surface area contributed by atoms with Gasteiger partial charge in [0.2, 0.25) is 0 Å². The van der Waals surface area contributed by atoms with Crippen LogP contribution in [0.4, 0.5) is 11.5 Å². The minimum atomic E-state index is 0.581. The zero-order chi connectivity index (χ0) is 17.5. The molecule has 5 heteroatoms. The van der Waals surface area contributed by atoms with E-state index in [1.54, 1.807) is 6.33 Å². The molecule has 26 heavy (non-hydrogen) atoms. The van der Waals surface area contributed by atoms with E-state index < -0.39 is 0 Å². The lowest BCUT2D eigenvalue weighted by Crippen LogP contribution is -2.12. The van der Waals surface area contributed by atoms with Crippen LogP contribution in [0.5, 0.6) is 0 Å². The lowest BCUT2D eigenvalue weighted by Gasteiger charge is -2.20. The van der Waals surface area contributed by atoms with Crippen LogP contribution >= 0.6 is 0 Å². The molecule has 5 rings (SSSR count). The quantitative estimate of drug-likeness (QED) is 0.521. The van der Waals surface area contributed by atoms with Crippen molar-refractivity contribution in [1.29, 1.82) is 0 Å². The van der Waals surface area contributed by atoms with Crippen LogP contribution in [-0.2, 0) is 0 Å². The lowest BCUT2D eigenvalue weighted by atomic mass is 10.1. The maximum atomic E-state index is 4.73. The average Bonchev–Trinajstić information content (AvgIpc) is 3.40. The molecule has 1 saturated carbocycles. The minimum absolute atomic E-state index is 0.581. The molecule has 1 fully saturated rings. The van der Waals surface area contributed by atoms with Crippen molar-refractivity contribution in [1.82, 2.24) is 19.6 Å². The molecule has 2 aromatic carbocycles. The highest BCUT2D eigenvalue weighted by molar-refractivity contribution is 5.94. The maximum absolute atomic E-state index is 4.73. The number of rotatable bonds is 2. The van der Waals surface area contributed by atoms with E-state index in [9.17, 15) is 0 Å². The Balaban J connectivity index is 1.71.